The zero-order valence-corrected chi connectivity index (χ0v) is 14.5. The number of carbonyl (C=O) groups is 2. The first-order valence-electron chi connectivity index (χ1n) is 8.54. The molecule has 9 nitrogen and oxygen atoms in total. The van der Waals surface area contributed by atoms with Crippen molar-refractivity contribution in [1.29, 1.82) is 0 Å². The maximum absolute atomic E-state index is 12.3. The Labute approximate surface area is 153 Å². The van der Waals surface area contributed by atoms with Crippen LogP contribution in [0.1, 0.15) is 40.9 Å². The van der Waals surface area contributed by atoms with Crippen LogP contribution in [0.5, 0.6) is 0 Å². The normalized spacial score (nSPS) is 14.7. The summed E-state index contributed by atoms with van der Waals surface area (Å²) in [5, 5.41) is 18.1. The van der Waals surface area contributed by atoms with Gasteiger partial charge in [0, 0.05) is 17.2 Å². The van der Waals surface area contributed by atoms with Gasteiger partial charge < -0.3 is 14.8 Å². The molecule has 138 valence electrons. The fourth-order valence-electron chi connectivity index (χ4n) is 2.78. The molecular formula is C18H17N5O4. The fraction of sp³-hybridized carbons (Fsp3) is 0.278. The van der Waals surface area contributed by atoms with E-state index in [1.807, 2.05) is 6.92 Å². The summed E-state index contributed by atoms with van der Waals surface area (Å²) in [6.45, 7) is 1.98. The Balaban J connectivity index is 1.54. The highest BCUT2D eigenvalue weighted by Gasteiger charge is 2.29. The van der Waals surface area contributed by atoms with E-state index in [0.717, 1.165) is 12.8 Å². The highest BCUT2D eigenvalue weighted by atomic mass is 16.4. The number of aromatic nitrogens is 4. The number of nitrogens with one attached hydrogen (secondary N) is 2. The van der Waals surface area contributed by atoms with Crippen LogP contribution in [-0.4, -0.2) is 43.2 Å². The fourth-order valence-corrected chi connectivity index (χ4v) is 2.78. The summed E-state index contributed by atoms with van der Waals surface area (Å²) < 4.78 is 5.60. The first kappa shape index (κ1) is 17.0. The van der Waals surface area contributed by atoms with Crippen molar-refractivity contribution >= 4 is 11.9 Å². The molecule has 0 aliphatic heterocycles. The third-order valence-electron chi connectivity index (χ3n) is 4.47. The Hall–Kier alpha value is -3.49. The average molecular weight is 367 g/mol. The second-order valence-corrected chi connectivity index (χ2v) is 6.52. The van der Waals surface area contributed by atoms with E-state index in [1.165, 1.54) is 6.20 Å². The maximum Gasteiger partial charge on any atom is 0.373 e. The van der Waals surface area contributed by atoms with Crippen molar-refractivity contribution in [2.24, 2.45) is 5.92 Å². The highest BCUT2D eigenvalue weighted by molar-refractivity contribution is 5.91. The van der Waals surface area contributed by atoms with E-state index in [4.69, 9.17) is 9.52 Å². The first-order valence-corrected chi connectivity index (χ1v) is 8.54. The second kappa shape index (κ2) is 6.67. The number of hydrogen-bond donors (Lipinski definition) is 3. The Morgan fingerprint density at radius 3 is 2.81 bits per heavy atom. The van der Waals surface area contributed by atoms with Gasteiger partial charge in [0.15, 0.2) is 5.82 Å². The number of aromatic amines is 1. The van der Waals surface area contributed by atoms with Crippen LogP contribution in [-0.2, 0) is 0 Å². The molecule has 1 aliphatic rings. The second-order valence-electron chi connectivity index (χ2n) is 6.52. The molecule has 3 aromatic rings. The Kier molecular flexibility index (Phi) is 4.19. The molecule has 0 radical (unpaired) electrons. The molecule has 0 spiro atoms. The number of carboxylic acids is 1. The molecule has 1 fully saturated rings. The van der Waals surface area contributed by atoms with Gasteiger partial charge in [-0.05, 0) is 37.8 Å². The molecule has 3 N–H and O–H groups in total. The van der Waals surface area contributed by atoms with Crippen molar-refractivity contribution in [3.05, 3.63) is 42.0 Å². The van der Waals surface area contributed by atoms with E-state index < -0.39 is 5.97 Å². The zero-order chi connectivity index (χ0) is 19.0. The van der Waals surface area contributed by atoms with E-state index in [9.17, 15) is 9.59 Å². The molecule has 1 aliphatic carbocycles. The standard InChI is InChI=1S/C18H17N5O4/c1-9(10-5-6-10)20-16(24)13-8-19-17(27-13)12-4-2-3-11(7-12)14-21-15(18(25)26)23-22-14/h2-4,7-10H,5-6H2,1H3,(H,20,24)(H,25,26)(H,21,22,23)/t9-/m0/s1. The van der Waals surface area contributed by atoms with Crippen molar-refractivity contribution in [3.8, 4) is 22.8 Å². The van der Waals surface area contributed by atoms with Crippen LogP contribution in [0.15, 0.2) is 34.9 Å². The number of H-pyrrole nitrogens is 1. The van der Waals surface area contributed by atoms with Gasteiger partial charge in [0.25, 0.3) is 5.91 Å². The van der Waals surface area contributed by atoms with Gasteiger partial charge in [-0.25, -0.2) is 14.8 Å². The topological polar surface area (TPSA) is 134 Å². The number of benzene rings is 1. The molecule has 0 bridgehead atoms. The van der Waals surface area contributed by atoms with Crippen molar-refractivity contribution in [3.63, 3.8) is 0 Å². The number of hydrogen-bond acceptors (Lipinski definition) is 6. The van der Waals surface area contributed by atoms with Crippen LogP contribution in [0.3, 0.4) is 0 Å². The van der Waals surface area contributed by atoms with Gasteiger partial charge >= 0.3 is 5.97 Å². The summed E-state index contributed by atoms with van der Waals surface area (Å²) >= 11 is 0. The Bertz CT molecular complexity index is 1000. The molecule has 1 amide bonds. The summed E-state index contributed by atoms with van der Waals surface area (Å²) in [4.78, 5) is 31.3. The Morgan fingerprint density at radius 2 is 2.11 bits per heavy atom. The van der Waals surface area contributed by atoms with E-state index in [-0.39, 0.29) is 35.2 Å². The first-order chi connectivity index (χ1) is 13.0. The number of carbonyl (C=O) groups excluding carboxylic acids is 1. The largest absolute Gasteiger partial charge is 0.475 e. The predicted octanol–water partition coefficient (Wildman–Crippen LogP) is 2.35. The smallest absolute Gasteiger partial charge is 0.373 e. The van der Waals surface area contributed by atoms with Crippen LogP contribution in [0.2, 0.25) is 0 Å². The van der Waals surface area contributed by atoms with Gasteiger partial charge in [-0.1, -0.05) is 12.1 Å². The number of carboxylic acid groups (broad SMARTS) is 1. The lowest BCUT2D eigenvalue weighted by atomic mass is 10.1. The summed E-state index contributed by atoms with van der Waals surface area (Å²) in [5.41, 5.74) is 1.23. The van der Waals surface area contributed by atoms with Gasteiger partial charge in [0.2, 0.25) is 17.5 Å². The quantitative estimate of drug-likeness (QED) is 0.609. The van der Waals surface area contributed by atoms with Crippen molar-refractivity contribution < 1.29 is 19.1 Å². The Morgan fingerprint density at radius 1 is 1.33 bits per heavy atom. The van der Waals surface area contributed by atoms with Crippen molar-refractivity contribution in [1.82, 2.24) is 25.5 Å². The van der Waals surface area contributed by atoms with Crippen LogP contribution >= 0.6 is 0 Å². The van der Waals surface area contributed by atoms with E-state index in [2.05, 4.69) is 25.5 Å². The summed E-state index contributed by atoms with van der Waals surface area (Å²) in [6.07, 6.45) is 3.67. The predicted molar refractivity (Wildman–Crippen MR) is 93.9 cm³/mol. The zero-order valence-electron chi connectivity index (χ0n) is 14.5. The van der Waals surface area contributed by atoms with E-state index >= 15 is 0 Å². The minimum Gasteiger partial charge on any atom is -0.475 e. The molecule has 1 saturated carbocycles. The lowest BCUT2D eigenvalue weighted by molar-refractivity contribution is 0.0683. The van der Waals surface area contributed by atoms with Gasteiger partial charge in [0.05, 0.1) is 6.20 Å². The number of nitrogens with zero attached hydrogens (tertiary/aromatic N) is 3. The van der Waals surface area contributed by atoms with Crippen LogP contribution in [0.25, 0.3) is 22.8 Å². The monoisotopic (exact) mass is 367 g/mol. The molecule has 4 rings (SSSR count). The minimum atomic E-state index is -1.19. The average Bonchev–Trinajstić information content (AvgIpc) is 3.20. The molecule has 0 saturated heterocycles. The third-order valence-corrected chi connectivity index (χ3v) is 4.47. The number of rotatable bonds is 6. The highest BCUT2D eigenvalue weighted by Crippen LogP contribution is 2.32. The van der Waals surface area contributed by atoms with Crippen molar-refractivity contribution in [2.45, 2.75) is 25.8 Å². The molecule has 2 heterocycles. The van der Waals surface area contributed by atoms with Crippen LogP contribution in [0.4, 0.5) is 0 Å². The van der Waals surface area contributed by atoms with Gasteiger partial charge in [-0.15, -0.1) is 0 Å². The molecule has 0 unspecified atom stereocenters. The summed E-state index contributed by atoms with van der Waals surface area (Å²) in [7, 11) is 0. The van der Waals surface area contributed by atoms with E-state index in [1.54, 1.807) is 24.3 Å². The molecule has 2 aromatic heterocycles. The van der Waals surface area contributed by atoms with Gasteiger partial charge in [-0.2, -0.15) is 5.10 Å². The SMILES string of the molecule is C[C@H](NC(=O)c1cnc(-c2cccc(-c3n[nH]c(C(=O)O)n3)c2)o1)C1CC1. The minimum absolute atomic E-state index is 0.114. The number of amides is 1. The summed E-state index contributed by atoms with van der Waals surface area (Å²) in [5.74, 6) is -0.487. The summed E-state index contributed by atoms with van der Waals surface area (Å²) in [6, 6.07) is 7.10. The number of oxazole rings is 1. The molecule has 9 heteroatoms. The van der Waals surface area contributed by atoms with Gasteiger partial charge in [-0.3, -0.25) is 9.89 Å². The number of aromatic carboxylic acids is 1. The molecule has 27 heavy (non-hydrogen) atoms. The third kappa shape index (κ3) is 3.57. The van der Waals surface area contributed by atoms with Crippen LogP contribution < -0.4 is 5.32 Å². The molecule has 1 aromatic carbocycles. The van der Waals surface area contributed by atoms with Gasteiger partial charge in [0.1, 0.15) is 0 Å². The lowest BCUT2D eigenvalue weighted by Crippen LogP contribution is -2.33. The maximum atomic E-state index is 12.3. The lowest BCUT2D eigenvalue weighted by Gasteiger charge is -2.10. The molecular weight excluding hydrogens is 350 g/mol. The van der Waals surface area contributed by atoms with Crippen LogP contribution in [0, 0.1) is 5.92 Å². The van der Waals surface area contributed by atoms with E-state index in [0.29, 0.717) is 17.0 Å². The van der Waals surface area contributed by atoms with Crippen molar-refractivity contribution in [2.75, 3.05) is 0 Å². The molecule has 1 atom stereocenters.